The van der Waals surface area contributed by atoms with Crippen molar-refractivity contribution in [2.75, 3.05) is 11.5 Å². The largest absolute Gasteiger partial charge is 0.347 e. The third-order valence-corrected chi connectivity index (χ3v) is 4.52. The van der Waals surface area contributed by atoms with E-state index in [4.69, 9.17) is 0 Å². The van der Waals surface area contributed by atoms with Gasteiger partial charge in [-0.3, -0.25) is 4.79 Å². The Hall–Kier alpha value is -0.420. The lowest BCUT2D eigenvalue weighted by atomic mass is 10.3. The van der Waals surface area contributed by atoms with E-state index in [1.807, 2.05) is 24.0 Å². The summed E-state index contributed by atoms with van der Waals surface area (Å²) in [6.07, 6.45) is 4.38. The van der Waals surface area contributed by atoms with E-state index in [9.17, 15) is 4.79 Å². The van der Waals surface area contributed by atoms with Crippen molar-refractivity contribution < 1.29 is 4.79 Å². The molecule has 0 spiro atoms. The Kier molecular flexibility index (Phi) is 4.78. The number of hydrogen-bond donors (Lipinski definition) is 1. The second-order valence-corrected chi connectivity index (χ2v) is 6.95. The van der Waals surface area contributed by atoms with E-state index in [2.05, 4.69) is 39.7 Å². The molecule has 0 saturated heterocycles. The van der Waals surface area contributed by atoms with Crippen LogP contribution in [0.2, 0.25) is 0 Å². The second kappa shape index (κ2) is 6.15. The third-order valence-electron chi connectivity index (χ3n) is 2.94. The summed E-state index contributed by atoms with van der Waals surface area (Å²) >= 11 is 5.30. The summed E-state index contributed by atoms with van der Waals surface area (Å²) in [6.45, 7) is 4.19. The van der Waals surface area contributed by atoms with Gasteiger partial charge in [-0.15, -0.1) is 0 Å². The lowest BCUT2D eigenvalue weighted by molar-refractivity contribution is 0.0934. The molecule has 1 unspecified atom stereocenters. The van der Waals surface area contributed by atoms with E-state index in [-0.39, 0.29) is 11.9 Å². The molecule has 5 heteroatoms. The van der Waals surface area contributed by atoms with Crippen LogP contribution in [0.15, 0.2) is 16.7 Å². The van der Waals surface area contributed by atoms with Gasteiger partial charge in [-0.05, 0) is 47.5 Å². The number of aromatic nitrogens is 1. The number of rotatable bonds is 6. The Morgan fingerprint density at radius 3 is 3.00 bits per heavy atom. The highest BCUT2D eigenvalue weighted by molar-refractivity contribution is 9.10. The minimum Gasteiger partial charge on any atom is -0.347 e. The van der Waals surface area contributed by atoms with Crippen molar-refractivity contribution in [2.24, 2.45) is 0 Å². The van der Waals surface area contributed by atoms with Gasteiger partial charge in [-0.25, -0.2) is 0 Å². The fourth-order valence-electron chi connectivity index (χ4n) is 1.92. The number of carbonyl (C=O) groups excluding carboxylic acids is 1. The summed E-state index contributed by atoms with van der Waals surface area (Å²) in [5.74, 6) is 2.09. The summed E-state index contributed by atoms with van der Waals surface area (Å²) in [4.78, 5) is 12.2. The Balaban J connectivity index is 1.99. The number of thioether (sulfide) groups is 1. The molecule has 0 aromatic carbocycles. The molecule has 2 rings (SSSR count). The monoisotopic (exact) mass is 330 g/mol. The molecule has 0 bridgehead atoms. The van der Waals surface area contributed by atoms with Crippen LogP contribution in [-0.2, 0) is 0 Å². The summed E-state index contributed by atoms with van der Waals surface area (Å²) in [6, 6.07) is 2.65. The van der Waals surface area contributed by atoms with Gasteiger partial charge in [0.15, 0.2) is 0 Å². The molecular formula is C13H19BrN2OS. The zero-order valence-electron chi connectivity index (χ0n) is 10.8. The second-order valence-electron chi connectivity index (χ2n) is 4.72. The first-order valence-electron chi connectivity index (χ1n) is 6.37. The van der Waals surface area contributed by atoms with Crippen LogP contribution in [0.1, 0.15) is 43.2 Å². The Morgan fingerprint density at radius 1 is 1.67 bits per heavy atom. The third kappa shape index (κ3) is 3.54. The van der Waals surface area contributed by atoms with E-state index in [1.165, 1.54) is 12.8 Å². The maximum atomic E-state index is 12.2. The Morgan fingerprint density at radius 2 is 2.39 bits per heavy atom. The van der Waals surface area contributed by atoms with E-state index in [0.29, 0.717) is 6.04 Å². The van der Waals surface area contributed by atoms with Crippen LogP contribution >= 0.6 is 27.7 Å². The molecule has 3 nitrogen and oxygen atoms in total. The lowest BCUT2D eigenvalue weighted by Gasteiger charge is -2.14. The van der Waals surface area contributed by atoms with Crippen LogP contribution < -0.4 is 5.32 Å². The van der Waals surface area contributed by atoms with Gasteiger partial charge in [0, 0.05) is 28.5 Å². The zero-order chi connectivity index (χ0) is 13.1. The van der Waals surface area contributed by atoms with Crippen molar-refractivity contribution in [2.45, 2.75) is 38.8 Å². The highest BCUT2D eigenvalue weighted by Crippen LogP contribution is 2.37. The average Bonchev–Trinajstić information content (AvgIpc) is 3.09. The quantitative estimate of drug-likeness (QED) is 0.866. The normalized spacial score (nSPS) is 16.6. The SMILES string of the molecule is CCSCC(C)NC(=O)c1cc(Br)cn1C1CC1. The van der Waals surface area contributed by atoms with Gasteiger partial charge >= 0.3 is 0 Å². The number of halogens is 1. The summed E-state index contributed by atoms with van der Waals surface area (Å²) in [5, 5.41) is 3.07. The molecular weight excluding hydrogens is 312 g/mol. The van der Waals surface area contributed by atoms with Crippen molar-refractivity contribution in [3.8, 4) is 0 Å². The molecule has 18 heavy (non-hydrogen) atoms. The molecule has 1 aliphatic rings. The summed E-state index contributed by atoms with van der Waals surface area (Å²) in [5.41, 5.74) is 0.776. The van der Waals surface area contributed by atoms with Gasteiger partial charge in [0.25, 0.3) is 5.91 Å². The molecule has 1 aromatic heterocycles. The fourth-order valence-corrected chi connectivity index (χ4v) is 3.03. The highest BCUT2D eigenvalue weighted by atomic mass is 79.9. The first kappa shape index (κ1) is 14.0. The maximum absolute atomic E-state index is 12.2. The van der Waals surface area contributed by atoms with Gasteiger partial charge in [-0.2, -0.15) is 11.8 Å². The van der Waals surface area contributed by atoms with Crippen molar-refractivity contribution in [1.82, 2.24) is 9.88 Å². The fraction of sp³-hybridized carbons (Fsp3) is 0.615. The van der Waals surface area contributed by atoms with Crippen LogP contribution in [0.3, 0.4) is 0 Å². The molecule has 0 aliphatic heterocycles. The van der Waals surface area contributed by atoms with Gasteiger partial charge in [0.2, 0.25) is 0 Å². The predicted molar refractivity (Wildman–Crippen MR) is 80.3 cm³/mol. The van der Waals surface area contributed by atoms with E-state index >= 15 is 0 Å². The van der Waals surface area contributed by atoms with Crippen LogP contribution in [0.25, 0.3) is 0 Å². The van der Waals surface area contributed by atoms with Crippen molar-refractivity contribution in [3.63, 3.8) is 0 Å². The molecule has 1 atom stereocenters. The van der Waals surface area contributed by atoms with Crippen LogP contribution in [0.4, 0.5) is 0 Å². The lowest BCUT2D eigenvalue weighted by Crippen LogP contribution is -2.35. The standard InChI is InChI=1S/C13H19BrN2OS/c1-3-18-8-9(2)15-13(17)12-6-10(14)7-16(12)11-4-5-11/h6-7,9,11H,3-5,8H2,1-2H3,(H,15,17). The average molecular weight is 331 g/mol. The predicted octanol–water partition coefficient (Wildman–Crippen LogP) is 3.46. The molecule has 1 amide bonds. The number of amides is 1. The molecule has 0 radical (unpaired) electrons. The van der Waals surface area contributed by atoms with E-state index in [0.717, 1.165) is 21.7 Å². The highest BCUT2D eigenvalue weighted by Gasteiger charge is 2.28. The van der Waals surface area contributed by atoms with Gasteiger partial charge < -0.3 is 9.88 Å². The Labute approximate surface area is 121 Å². The topological polar surface area (TPSA) is 34.0 Å². The van der Waals surface area contributed by atoms with Gasteiger partial charge in [0.1, 0.15) is 5.69 Å². The summed E-state index contributed by atoms with van der Waals surface area (Å²) in [7, 11) is 0. The smallest absolute Gasteiger partial charge is 0.268 e. The first-order valence-corrected chi connectivity index (χ1v) is 8.32. The maximum Gasteiger partial charge on any atom is 0.268 e. The zero-order valence-corrected chi connectivity index (χ0v) is 13.2. The molecule has 100 valence electrons. The number of carbonyl (C=O) groups is 1. The van der Waals surface area contributed by atoms with Crippen molar-refractivity contribution in [1.29, 1.82) is 0 Å². The minimum atomic E-state index is 0.0387. The number of hydrogen-bond acceptors (Lipinski definition) is 2. The number of nitrogens with one attached hydrogen (secondary N) is 1. The molecule has 1 aromatic rings. The van der Waals surface area contributed by atoms with Gasteiger partial charge in [0.05, 0.1) is 0 Å². The van der Waals surface area contributed by atoms with E-state index in [1.54, 1.807) is 0 Å². The van der Waals surface area contributed by atoms with Crippen LogP contribution in [0.5, 0.6) is 0 Å². The van der Waals surface area contributed by atoms with Gasteiger partial charge in [-0.1, -0.05) is 6.92 Å². The molecule has 1 aliphatic carbocycles. The van der Waals surface area contributed by atoms with Crippen molar-refractivity contribution >= 4 is 33.6 Å². The van der Waals surface area contributed by atoms with E-state index < -0.39 is 0 Å². The minimum absolute atomic E-state index is 0.0387. The Bertz CT molecular complexity index is 429. The molecule has 1 fully saturated rings. The number of nitrogens with zero attached hydrogens (tertiary/aromatic N) is 1. The van der Waals surface area contributed by atoms with Crippen LogP contribution in [-0.4, -0.2) is 28.0 Å². The molecule has 1 N–H and O–H groups in total. The van der Waals surface area contributed by atoms with Crippen LogP contribution in [0, 0.1) is 0 Å². The summed E-state index contributed by atoms with van der Waals surface area (Å²) < 4.78 is 3.08. The molecule has 1 heterocycles. The molecule has 1 saturated carbocycles. The van der Waals surface area contributed by atoms with Crippen molar-refractivity contribution in [3.05, 3.63) is 22.4 Å². The first-order chi connectivity index (χ1) is 8.61.